The molecule has 5 rings (SSSR count). The van der Waals surface area contributed by atoms with Crippen molar-refractivity contribution in [3.63, 3.8) is 0 Å². The van der Waals surface area contributed by atoms with Gasteiger partial charge < -0.3 is 18.9 Å². The van der Waals surface area contributed by atoms with Gasteiger partial charge in [-0.2, -0.15) is 26.3 Å². The minimum Gasteiger partial charge on any atom is -0.396 e. The first-order chi connectivity index (χ1) is 20.1. The van der Waals surface area contributed by atoms with Crippen LogP contribution >= 0.6 is 0 Å². The van der Waals surface area contributed by atoms with Crippen molar-refractivity contribution in [1.29, 1.82) is 0 Å². The van der Waals surface area contributed by atoms with E-state index in [0.717, 1.165) is 5.56 Å². The summed E-state index contributed by atoms with van der Waals surface area (Å²) in [5.74, 6) is -0.450. The van der Waals surface area contributed by atoms with Gasteiger partial charge in [0, 0.05) is 13.0 Å². The van der Waals surface area contributed by atoms with Gasteiger partial charge in [0.15, 0.2) is 5.76 Å². The van der Waals surface area contributed by atoms with Crippen molar-refractivity contribution in [1.82, 2.24) is 10.2 Å². The van der Waals surface area contributed by atoms with Crippen LogP contribution in [0.25, 0.3) is 0 Å². The van der Waals surface area contributed by atoms with Crippen LogP contribution in [0.1, 0.15) is 72.5 Å². The Kier molecular flexibility index (Phi) is 8.01. The van der Waals surface area contributed by atoms with E-state index < -0.39 is 46.5 Å². The van der Waals surface area contributed by atoms with Crippen LogP contribution < -0.4 is 11.1 Å². The molecular weight excluding hydrogens is 582 g/mol. The second kappa shape index (κ2) is 11.2. The molecule has 1 spiro atoms. The Morgan fingerprint density at radius 1 is 0.953 bits per heavy atom. The maximum atomic E-state index is 13.5. The molecule has 2 fully saturated rings. The molecule has 3 aromatic rings. The van der Waals surface area contributed by atoms with Crippen molar-refractivity contribution < 1.29 is 44.7 Å². The number of halogens is 6. The molecule has 3 heterocycles. The van der Waals surface area contributed by atoms with Gasteiger partial charge in [-0.1, -0.05) is 30.3 Å². The van der Waals surface area contributed by atoms with E-state index in [2.05, 4.69) is 5.32 Å². The quantitative estimate of drug-likeness (QED) is 0.307. The zero-order valence-corrected chi connectivity index (χ0v) is 23.4. The molecule has 1 aromatic heterocycles. The molecule has 1 amide bonds. The van der Waals surface area contributed by atoms with E-state index in [1.54, 1.807) is 6.92 Å². The molecule has 0 aliphatic carbocycles. The van der Waals surface area contributed by atoms with Crippen molar-refractivity contribution in [2.45, 2.75) is 75.6 Å². The molecular formula is C30H30F6N2O5. The molecule has 13 heteroatoms. The van der Waals surface area contributed by atoms with Gasteiger partial charge in [-0.25, -0.2) is 4.79 Å². The predicted molar refractivity (Wildman–Crippen MR) is 141 cm³/mol. The van der Waals surface area contributed by atoms with Crippen LogP contribution in [0.4, 0.5) is 26.3 Å². The fraction of sp³-hybridized carbons (Fsp3) is 0.467. The molecule has 43 heavy (non-hydrogen) atoms. The van der Waals surface area contributed by atoms with E-state index in [9.17, 15) is 35.9 Å². The number of nitrogens with one attached hydrogen (secondary N) is 1. The Bertz CT molecular complexity index is 1500. The normalized spacial score (nSPS) is 24.0. The lowest BCUT2D eigenvalue weighted by molar-refractivity contribution is -0.143. The number of alkyl halides is 6. The molecule has 2 aliphatic rings. The third-order valence-electron chi connectivity index (χ3n) is 8.48. The highest BCUT2D eigenvalue weighted by Crippen LogP contribution is 2.46. The van der Waals surface area contributed by atoms with Gasteiger partial charge in [0.2, 0.25) is 5.91 Å². The SMILES string of the molecule is Cc1oc(=O)oc1CN1C[C@@]2(CCC(=O)N2)CC[C@@]1(CO[C@H](C)c1cc(C(F)(F)F)cc(C(F)(F)F)c1)c1ccccc1. The second-order valence-corrected chi connectivity index (χ2v) is 11.3. The van der Waals surface area contributed by atoms with E-state index >= 15 is 0 Å². The van der Waals surface area contributed by atoms with Gasteiger partial charge >= 0.3 is 18.2 Å². The van der Waals surface area contributed by atoms with Crippen molar-refractivity contribution in [3.05, 3.63) is 92.9 Å². The van der Waals surface area contributed by atoms with Gasteiger partial charge in [0.1, 0.15) is 5.76 Å². The molecule has 0 bridgehead atoms. The molecule has 0 radical (unpaired) electrons. The highest BCUT2D eigenvalue weighted by molar-refractivity contribution is 5.79. The molecule has 2 aromatic carbocycles. The van der Waals surface area contributed by atoms with Crippen molar-refractivity contribution in [3.8, 4) is 0 Å². The van der Waals surface area contributed by atoms with Gasteiger partial charge in [0.25, 0.3) is 0 Å². The maximum Gasteiger partial charge on any atom is 0.519 e. The van der Waals surface area contributed by atoms with Crippen LogP contribution in [0.3, 0.4) is 0 Å². The largest absolute Gasteiger partial charge is 0.519 e. The average molecular weight is 613 g/mol. The van der Waals surface area contributed by atoms with Crippen LogP contribution in [0.2, 0.25) is 0 Å². The summed E-state index contributed by atoms with van der Waals surface area (Å²) in [5, 5.41) is 3.08. The minimum atomic E-state index is -4.99. The minimum absolute atomic E-state index is 0.0730. The Hall–Kier alpha value is -3.58. The van der Waals surface area contributed by atoms with E-state index in [4.69, 9.17) is 13.6 Å². The molecule has 2 saturated heterocycles. The van der Waals surface area contributed by atoms with Crippen LogP contribution in [0, 0.1) is 6.92 Å². The fourth-order valence-corrected chi connectivity index (χ4v) is 6.07. The lowest BCUT2D eigenvalue weighted by Gasteiger charge is -2.53. The molecule has 0 saturated carbocycles. The standard InChI is InChI=1S/C30H30F6N2O5/c1-18(20-12-22(29(31,32)33)14-23(13-20)30(34,35)36)41-17-28(21-6-4-3-5-7-21)11-10-27(9-8-25(39)37-27)16-38(28)15-24-19(2)42-26(40)43-24/h3-7,12-14,18H,8-11,15-17H2,1-2H3,(H,37,39)/t18-,27-,28-/m1/s1. The molecule has 3 atom stereocenters. The number of hydrogen-bond donors (Lipinski definition) is 1. The zero-order valence-electron chi connectivity index (χ0n) is 23.4. The smallest absolute Gasteiger partial charge is 0.396 e. The third kappa shape index (κ3) is 6.37. The number of benzene rings is 2. The summed E-state index contributed by atoms with van der Waals surface area (Å²) in [6.45, 7) is 3.25. The first-order valence-electron chi connectivity index (χ1n) is 13.7. The van der Waals surface area contributed by atoms with E-state index in [1.807, 2.05) is 35.2 Å². The number of likely N-dealkylation sites (tertiary alicyclic amines) is 1. The lowest BCUT2D eigenvalue weighted by atomic mass is 9.74. The summed E-state index contributed by atoms with van der Waals surface area (Å²) < 4.78 is 97.8. The fourth-order valence-electron chi connectivity index (χ4n) is 6.07. The third-order valence-corrected chi connectivity index (χ3v) is 8.48. The number of rotatable bonds is 7. The second-order valence-electron chi connectivity index (χ2n) is 11.3. The Morgan fingerprint density at radius 3 is 2.14 bits per heavy atom. The van der Waals surface area contributed by atoms with Crippen molar-refractivity contribution in [2.75, 3.05) is 13.2 Å². The van der Waals surface area contributed by atoms with E-state index in [1.165, 1.54) is 6.92 Å². The first-order valence-corrected chi connectivity index (χ1v) is 13.7. The molecule has 0 unspecified atom stereocenters. The summed E-state index contributed by atoms with van der Waals surface area (Å²) in [7, 11) is 0. The van der Waals surface area contributed by atoms with Crippen molar-refractivity contribution >= 4 is 5.91 Å². The number of ether oxygens (including phenoxy) is 1. The van der Waals surface area contributed by atoms with Crippen LogP contribution in [-0.4, -0.2) is 29.5 Å². The molecule has 232 valence electrons. The van der Waals surface area contributed by atoms with Crippen LogP contribution in [0.15, 0.2) is 62.2 Å². The number of piperidine rings is 1. The Balaban J connectivity index is 1.53. The van der Waals surface area contributed by atoms with Crippen molar-refractivity contribution in [2.24, 2.45) is 0 Å². The Morgan fingerprint density at radius 2 is 1.60 bits per heavy atom. The number of carbonyl (C=O) groups excluding carboxylic acids is 1. The van der Waals surface area contributed by atoms with Gasteiger partial charge in [-0.05, 0) is 62.4 Å². The highest BCUT2D eigenvalue weighted by atomic mass is 19.4. The van der Waals surface area contributed by atoms with E-state index in [0.29, 0.717) is 44.4 Å². The summed E-state index contributed by atoms with van der Waals surface area (Å²) in [6, 6.07) is 10.6. The summed E-state index contributed by atoms with van der Waals surface area (Å²) >= 11 is 0. The maximum absolute atomic E-state index is 13.5. The average Bonchev–Trinajstić information content (AvgIpc) is 3.47. The number of nitrogens with zero attached hydrogens (tertiary/aromatic N) is 1. The number of aryl methyl sites for hydroxylation is 1. The van der Waals surface area contributed by atoms with E-state index in [-0.39, 0.29) is 42.2 Å². The molecule has 1 N–H and O–H groups in total. The number of amides is 1. The number of hydrogen-bond acceptors (Lipinski definition) is 6. The Labute approximate surface area is 242 Å². The first kappa shape index (κ1) is 30.9. The van der Waals surface area contributed by atoms with Gasteiger partial charge in [-0.15, -0.1) is 0 Å². The van der Waals surface area contributed by atoms with Crippen LogP contribution in [0.5, 0.6) is 0 Å². The topological polar surface area (TPSA) is 84.9 Å². The monoisotopic (exact) mass is 612 g/mol. The lowest BCUT2D eigenvalue weighted by Crippen LogP contribution is -2.63. The predicted octanol–water partition coefficient (Wildman–Crippen LogP) is 6.50. The van der Waals surface area contributed by atoms with Crippen LogP contribution in [-0.2, 0) is 34.0 Å². The molecule has 2 aliphatic heterocycles. The van der Waals surface area contributed by atoms with Gasteiger partial charge in [-0.3, -0.25) is 9.69 Å². The number of carbonyl (C=O) groups is 1. The summed E-state index contributed by atoms with van der Waals surface area (Å²) in [6.07, 6.45) is -9.26. The zero-order chi connectivity index (χ0) is 31.2. The molecule has 7 nitrogen and oxygen atoms in total. The summed E-state index contributed by atoms with van der Waals surface area (Å²) in [4.78, 5) is 26.1. The van der Waals surface area contributed by atoms with Gasteiger partial charge in [0.05, 0.1) is 41.5 Å². The summed E-state index contributed by atoms with van der Waals surface area (Å²) in [5.41, 5.74) is -3.86. The highest BCUT2D eigenvalue weighted by Gasteiger charge is 2.52.